The normalized spacial score (nSPS) is 17.9. The van der Waals surface area contributed by atoms with Crippen LogP contribution in [-0.4, -0.2) is 56.5 Å². The molecule has 2 aromatic carbocycles. The van der Waals surface area contributed by atoms with Crippen molar-refractivity contribution in [1.82, 2.24) is 8.87 Å². The van der Waals surface area contributed by atoms with Gasteiger partial charge in [-0.05, 0) is 74.0 Å². The van der Waals surface area contributed by atoms with Crippen LogP contribution in [0, 0.1) is 13.8 Å². The van der Waals surface area contributed by atoms with Crippen molar-refractivity contribution in [3.05, 3.63) is 75.5 Å². The molecule has 5 rings (SSSR count). The lowest BCUT2D eigenvalue weighted by molar-refractivity contribution is -0.112. The smallest absolute Gasteiger partial charge is 0.258 e. The molecule has 0 spiro atoms. The maximum Gasteiger partial charge on any atom is 0.258 e. The molecule has 0 radical (unpaired) electrons. The third-order valence-corrected chi connectivity index (χ3v) is 9.04. The van der Waals surface area contributed by atoms with Crippen LogP contribution in [-0.2, 0) is 19.6 Å². The monoisotopic (exact) mass is 555 g/mol. The first-order valence-corrected chi connectivity index (χ1v) is 13.6. The SMILES string of the molecule is Cc1cc(/C=C2\C(=O)N(C)c3ccc(S(=O)(=O)N4CCOCC4)cc32)c(C)n1-c1ccc(Br)cc1. The number of aryl methyl sites for hydroxylation is 1. The van der Waals surface area contributed by atoms with Gasteiger partial charge >= 0.3 is 0 Å². The standard InChI is InChI=1S/C26H26BrN3O4S/c1-17-14-19(18(2)30(17)21-6-4-20(27)5-7-21)15-24-23-16-22(8-9-25(23)28(3)26(24)31)35(32,33)29-10-12-34-13-11-29/h4-9,14-16H,10-13H2,1-3H3/b24-15-. The van der Waals surface area contributed by atoms with Gasteiger partial charge in [0.05, 0.1) is 23.8 Å². The molecule has 1 saturated heterocycles. The van der Waals surface area contributed by atoms with E-state index in [4.69, 9.17) is 4.74 Å². The summed E-state index contributed by atoms with van der Waals surface area (Å²) in [6.07, 6.45) is 1.87. The zero-order chi connectivity index (χ0) is 24.9. The van der Waals surface area contributed by atoms with Gasteiger partial charge < -0.3 is 14.2 Å². The van der Waals surface area contributed by atoms with Crippen LogP contribution in [0.2, 0.25) is 0 Å². The Morgan fingerprint density at radius 1 is 1.00 bits per heavy atom. The molecule has 0 N–H and O–H groups in total. The number of hydrogen-bond donors (Lipinski definition) is 0. The topological polar surface area (TPSA) is 71.8 Å². The van der Waals surface area contributed by atoms with E-state index in [1.807, 2.05) is 50.3 Å². The molecule has 3 aromatic rings. The van der Waals surface area contributed by atoms with Gasteiger partial charge in [-0.3, -0.25) is 4.79 Å². The largest absolute Gasteiger partial charge is 0.379 e. The Hall–Kier alpha value is -2.72. The van der Waals surface area contributed by atoms with Gasteiger partial charge in [-0.15, -0.1) is 0 Å². The van der Waals surface area contributed by atoms with Gasteiger partial charge in [0.1, 0.15) is 0 Å². The van der Waals surface area contributed by atoms with Crippen LogP contribution in [0.5, 0.6) is 0 Å². The molecule has 3 heterocycles. The van der Waals surface area contributed by atoms with Gasteiger partial charge in [0.25, 0.3) is 5.91 Å². The molecule has 9 heteroatoms. The Balaban J connectivity index is 1.58. The summed E-state index contributed by atoms with van der Waals surface area (Å²) in [5.74, 6) is -0.158. The van der Waals surface area contributed by atoms with E-state index in [2.05, 4.69) is 20.5 Å². The first kappa shape index (κ1) is 24.0. The molecule has 0 bridgehead atoms. The summed E-state index contributed by atoms with van der Waals surface area (Å²) < 4.78 is 36.4. The van der Waals surface area contributed by atoms with E-state index in [-0.39, 0.29) is 10.8 Å². The number of ether oxygens (including phenoxy) is 1. The van der Waals surface area contributed by atoms with E-state index in [1.165, 1.54) is 4.31 Å². The zero-order valence-corrected chi connectivity index (χ0v) is 22.2. The Morgan fingerprint density at radius 2 is 1.69 bits per heavy atom. The average Bonchev–Trinajstić information content (AvgIpc) is 3.27. The number of fused-ring (bicyclic) bond motifs is 1. The van der Waals surface area contributed by atoms with Gasteiger partial charge in [0.2, 0.25) is 10.0 Å². The summed E-state index contributed by atoms with van der Waals surface area (Å²) in [4.78, 5) is 15.0. The summed E-state index contributed by atoms with van der Waals surface area (Å²) in [5, 5.41) is 0. The van der Waals surface area contributed by atoms with E-state index in [0.717, 1.165) is 27.1 Å². The van der Waals surface area contributed by atoms with Crippen LogP contribution >= 0.6 is 15.9 Å². The van der Waals surface area contributed by atoms with Crippen molar-refractivity contribution in [2.75, 3.05) is 38.3 Å². The van der Waals surface area contributed by atoms with Crippen molar-refractivity contribution in [2.45, 2.75) is 18.7 Å². The van der Waals surface area contributed by atoms with E-state index in [1.54, 1.807) is 30.1 Å². The minimum atomic E-state index is -3.68. The average molecular weight is 556 g/mol. The highest BCUT2D eigenvalue weighted by atomic mass is 79.9. The zero-order valence-electron chi connectivity index (χ0n) is 19.8. The lowest BCUT2D eigenvalue weighted by Gasteiger charge is -2.26. The molecule has 0 unspecified atom stereocenters. The van der Waals surface area contributed by atoms with Crippen LogP contribution in [0.1, 0.15) is 22.5 Å². The number of morpholine rings is 1. The number of carbonyl (C=O) groups excluding carboxylic acids is 1. The number of nitrogens with zero attached hydrogens (tertiary/aromatic N) is 3. The molecule has 182 valence electrons. The second kappa shape index (κ2) is 9.05. The van der Waals surface area contributed by atoms with Crippen molar-refractivity contribution in [3.63, 3.8) is 0 Å². The minimum Gasteiger partial charge on any atom is -0.379 e. The molecule has 1 fully saturated rings. The predicted octanol–water partition coefficient (Wildman–Crippen LogP) is 4.39. The number of carbonyl (C=O) groups is 1. The number of rotatable bonds is 4. The summed E-state index contributed by atoms with van der Waals surface area (Å²) >= 11 is 3.48. The van der Waals surface area contributed by atoms with E-state index >= 15 is 0 Å². The lowest BCUT2D eigenvalue weighted by Crippen LogP contribution is -2.40. The third-order valence-electron chi connectivity index (χ3n) is 6.62. The highest BCUT2D eigenvalue weighted by Gasteiger charge is 2.33. The van der Waals surface area contributed by atoms with Gasteiger partial charge in [-0.25, -0.2) is 8.42 Å². The Bertz CT molecular complexity index is 1450. The fourth-order valence-electron chi connectivity index (χ4n) is 4.74. The summed E-state index contributed by atoms with van der Waals surface area (Å²) in [6.45, 7) is 5.45. The summed E-state index contributed by atoms with van der Waals surface area (Å²) in [6, 6.07) is 15.0. The number of sulfonamides is 1. The molecule has 2 aliphatic heterocycles. The first-order chi connectivity index (χ1) is 16.7. The number of likely N-dealkylation sites (N-methyl/N-ethyl adjacent to an activating group) is 1. The third kappa shape index (κ3) is 4.16. The molecule has 1 amide bonds. The van der Waals surface area contributed by atoms with Crippen molar-refractivity contribution < 1.29 is 17.9 Å². The van der Waals surface area contributed by atoms with Crippen LogP contribution < -0.4 is 4.90 Å². The quantitative estimate of drug-likeness (QED) is 0.447. The molecular formula is C26H26BrN3O4S. The fraction of sp³-hybridized carbons (Fsp3) is 0.269. The van der Waals surface area contributed by atoms with Crippen LogP contribution in [0.15, 0.2) is 57.9 Å². The predicted molar refractivity (Wildman–Crippen MR) is 140 cm³/mol. The number of amides is 1. The van der Waals surface area contributed by atoms with Gasteiger partial charge in [-0.2, -0.15) is 4.31 Å². The second-order valence-corrected chi connectivity index (χ2v) is 11.6. The molecule has 7 nitrogen and oxygen atoms in total. The number of benzene rings is 2. The number of halogens is 1. The van der Waals surface area contributed by atoms with Crippen molar-refractivity contribution in [1.29, 1.82) is 0 Å². The van der Waals surface area contributed by atoms with Gasteiger partial charge in [-0.1, -0.05) is 15.9 Å². The number of aromatic nitrogens is 1. The number of anilines is 1. The van der Waals surface area contributed by atoms with E-state index < -0.39 is 10.0 Å². The Morgan fingerprint density at radius 3 is 2.37 bits per heavy atom. The van der Waals surface area contributed by atoms with Gasteiger partial charge in [0, 0.05) is 52.8 Å². The van der Waals surface area contributed by atoms with E-state index in [9.17, 15) is 13.2 Å². The summed E-state index contributed by atoms with van der Waals surface area (Å²) in [5.41, 5.74) is 5.79. The Kier molecular flexibility index (Phi) is 6.21. The second-order valence-electron chi connectivity index (χ2n) is 8.76. The van der Waals surface area contributed by atoms with Crippen molar-refractivity contribution >= 4 is 49.2 Å². The van der Waals surface area contributed by atoms with Crippen molar-refractivity contribution in [3.8, 4) is 5.69 Å². The molecule has 0 aliphatic carbocycles. The highest BCUT2D eigenvalue weighted by molar-refractivity contribution is 9.10. The number of hydrogen-bond acceptors (Lipinski definition) is 4. The van der Waals surface area contributed by atoms with Crippen molar-refractivity contribution in [2.24, 2.45) is 0 Å². The van der Waals surface area contributed by atoms with E-state index in [0.29, 0.717) is 43.1 Å². The molecule has 2 aliphatic rings. The molecule has 1 aromatic heterocycles. The maximum atomic E-state index is 13.2. The van der Waals surface area contributed by atoms with Crippen LogP contribution in [0.25, 0.3) is 17.3 Å². The fourth-order valence-corrected chi connectivity index (χ4v) is 6.44. The Labute approximate surface area is 213 Å². The molecule has 0 atom stereocenters. The highest BCUT2D eigenvalue weighted by Crippen LogP contribution is 2.39. The molecule has 35 heavy (non-hydrogen) atoms. The van der Waals surface area contributed by atoms with Crippen LogP contribution in [0.3, 0.4) is 0 Å². The minimum absolute atomic E-state index is 0.158. The maximum absolute atomic E-state index is 13.2. The summed E-state index contributed by atoms with van der Waals surface area (Å²) in [7, 11) is -1.97. The van der Waals surface area contributed by atoms with Crippen LogP contribution in [0.4, 0.5) is 5.69 Å². The van der Waals surface area contributed by atoms with Gasteiger partial charge in [0.15, 0.2) is 0 Å². The molecule has 0 saturated carbocycles. The molecular weight excluding hydrogens is 530 g/mol. The lowest BCUT2D eigenvalue weighted by atomic mass is 10.0. The first-order valence-electron chi connectivity index (χ1n) is 11.4.